The molecule has 1 aliphatic rings. The molecule has 2 aromatic rings. The van der Waals surface area contributed by atoms with Crippen molar-refractivity contribution in [3.8, 4) is 0 Å². The lowest BCUT2D eigenvalue weighted by molar-refractivity contribution is 0.102. The highest BCUT2D eigenvalue weighted by atomic mass is 32.1. The molecule has 9 heteroatoms. The second-order valence-corrected chi connectivity index (χ2v) is 5.30. The maximum absolute atomic E-state index is 12.0. The minimum absolute atomic E-state index is 0.253. The first-order valence-corrected chi connectivity index (χ1v) is 6.62. The van der Waals surface area contributed by atoms with Gasteiger partial charge in [0.05, 0.1) is 18.8 Å². The van der Waals surface area contributed by atoms with Gasteiger partial charge in [-0.15, -0.1) is 11.3 Å². The van der Waals surface area contributed by atoms with Gasteiger partial charge >= 0.3 is 0 Å². The van der Waals surface area contributed by atoms with Crippen molar-refractivity contribution < 1.29 is 9.53 Å². The van der Waals surface area contributed by atoms with E-state index in [-0.39, 0.29) is 5.91 Å². The van der Waals surface area contributed by atoms with Crippen LogP contribution in [0.5, 0.6) is 0 Å². The normalized spacial score (nSPS) is 14.6. The van der Waals surface area contributed by atoms with E-state index >= 15 is 0 Å². The van der Waals surface area contributed by atoms with E-state index in [0.29, 0.717) is 23.5 Å². The summed E-state index contributed by atoms with van der Waals surface area (Å²) >= 11 is 1.29. The number of rotatable bonds is 5. The van der Waals surface area contributed by atoms with E-state index in [9.17, 15) is 4.79 Å². The van der Waals surface area contributed by atoms with Crippen LogP contribution in [0.1, 0.15) is 33.6 Å². The molecule has 0 aliphatic heterocycles. The van der Waals surface area contributed by atoms with E-state index in [1.54, 1.807) is 11.8 Å². The number of aromatic nitrogens is 5. The number of carbonyl (C=O) groups excluding carboxylic acids is 1. The van der Waals surface area contributed by atoms with Crippen molar-refractivity contribution in [1.82, 2.24) is 25.2 Å². The zero-order chi connectivity index (χ0) is 13.2. The van der Waals surface area contributed by atoms with Crippen molar-refractivity contribution in [2.45, 2.75) is 25.5 Å². The maximum Gasteiger partial charge on any atom is 0.269 e. The van der Waals surface area contributed by atoms with Crippen molar-refractivity contribution in [2.24, 2.45) is 0 Å². The van der Waals surface area contributed by atoms with Crippen molar-refractivity contribution in [3.05, 3.63) is 16.1 Å². The van der Waals surface area contributed by atoms with Crippen molar-refractivity contribution in [2.75, 3.05) is 12.4 Å². The van der Waals surface area contributed by atoms with E-state index in [4.69, 9.17) is 4.74 Å². The number of anilines is 1. The van der Waals surface area contributed by atoms with Gasteiger partial charge in [0.25, 0.3) is 5.91 Å². The van der Waals surface area contributed by atoms with Gasteiger partial charge in [-0.1, -0.05) is 5.10 Å². The number of thiazole rings is 1. The molecule has 0 saturated heterocycles. The lowest BCUT2D eigenvalue weighted by Crippen LogP contribution is -2.15. The highest BCUT2D eigenvalue weighted by molar-refractivity contribution is 7.13. The lowest BCUT2D eigenvalue weighted by atomic mass is 10.5. The van der Waals surface area contributed by atoms with Crippen molar-refractivity contribution >= 4 is 23.2 Å². The molecule has 100 valence electrons. The van der Waals surface area contributed by atoms with E-state index in [1.807, 2.05) is 0 Å². The zero-order valence-electron chi connectivity index (χ0n) is 10.2. The fourth-order valence-corrected chi connectivity index (χ4v) is 2.39. The molecule has 2 aromatic heterocycles. The topological polar surface area (TPSA) is 94.8 Å². The largest absolute Gasteiger partial charge is 0.378 e. The highest BCUT2D eigenvalue weighted by Gasteiger charge is 2.28. The lowest BCUT2D eigenvalue weighted by Gasteiger charge is -2.02. The van der Waals surface area contributed by atoms with Gasteiger partial charge in [-0.05, 0) is 23.3 Å². The number of ether oxygens (including phenoxy) is 1. The SMILES string of the molecule is COCc1ncc(C(=O)Nc2nnnn2C2CC2)s1. The fourth-order valence-electron chi connectivity index (χ4n) is 1.61. The molecule has 1 fully saturated rings. The standard InChI is InChI=1S/C10H12N6O2S/c1-18-5-8-11-4-7(19-8)9(17)12-10-13-14-15-16(10)6-2-3-6/h4,6H,2-3,5H2,1H3,(H,12,13,15,17). The number of nitrogens with zero attached hydrogens (tertiary/aromatic N) is 5. The minimum Gasteiger partial charge on any atom is -0.378 e. The molecule has 0 bridgehead atoms. The van der Waals surface area contributed by atoms with Gasteiger partial charge in [0.15, 0.2) is 0 Å². The first-order chi connectivity index (χ1) is 9.28. The van der Waals surface area contributed by atoms with Crippen LogP contribution in [0.3, 0.4) is 0 Å². The molecule has 19 heavy (non-hydrogen) atoms. The highest BCUT2D eigenvalue weighted by Crippen LogP contribution is 2.35. The number of hydrogen-bond acceptors (Lipinski definition) is 7. The van der Waals surface area contributed by atoms with Crippen LogP contribution in [-0.2, 0) is 11.3 Å². The Bertz CT molecular complexity index is 590. The van der Waals surface area contributed by atoms with Crippen LogP contribution in [-0.4, -0.2) is 38.2 Å². The van der Waals surface area contributed by atoms with Gasteiger partial charge < -0.3 is 4.74 Å². The van der Waals surface area contributed by atoms with Gasteiger partial charge in [0.1, 0.15) is 9.88 Å². The fraction of sp³-hybridized carbons (Fsp3) is 0.500. The average molecular weight is 280 g/mol. The number of nitrogens with one attached hydrogen (secondary N) is 1. The summed E-state index contributed by atoms with van der Waals surface area (Å²) in [6, 6.07) is 0.316. The Hall–Kier alpha value is -1.87. The molecule has 1 aliphatic carbocycles. The summed E-state index contributed by atoms with van der Waals surface area (Å²) in [4.78, 5) is 16.6. The number of hydrogen-bond donors (Lipinski definition) is 1. The first-order valence-electron chi connectivity index (χ1n) is 5.81. The quantitative estimate of drug-likeness (QED) is 0.873. The van der Waals surface area contributed by atoms with Gasteiger partial charge in [-0.2, -0.15) is 0 Å². The molecule has 0 aromatic carbocycles. The van der Waals surface area contributed by atoms with Crippen LogP contribution in [0.15, 0.2) is 6.20 Å². The predicted molar refractivity (Wildman–Crippen MR) is 66.9 cm³/mol. The van der Waals surface area contributed by atoms with Gasteiger partial charge in [0.2, 0.25) is 5.95 Å². The van der Waals surface area contributed by atoms with Gasteiger partial charge in [0, 0.05) is 7.11 Å². The molecule has 0 unspecified atom stereocenters. The van der Waals surface area contributed by atoms with E-state index in [0.717, 1.165) is 17.8 Å². The zero-order valence-corrected chi connectivity index (χ0v) is 11.1. The number of tetrazole rings is 1. The molecule has 0 atom stereocenters. The Morgan fingerprint density at radius 1 is 1.63 bits per heavy atom. The van der Waals surface area contributed by atoms with E-state index in [2.05, 4.69) is 25.8 Å². The molecule has 1 saturated carbocycles. The van der Waals surface area contributed by atoms with E-state index in [1.165, 1.54) is 17.5 Å². The minimum atomic E-state index is -0.253. The van der Waals surface area contributed by atoms with Crippen molar-refractivity contribution in [3.63, 3.8) is 0 Å². The maximum atomic E-state index is 12.0. The molecular formula is C10H12N6O2S. The third-order valence-corrected chi connectivity index (χ3v) is 3.63. The molecule has 1 amide bonds. The number of amides is 1. The second-order valence-electron chi connectivity index (χ2n) is 4.18. The average Bonchev–Trinajstić information content (AvgIpc) is 2.96. The molecular weight excluding hydrogens is 268 g/mol. The Kier molecular flexibility index (Phi) is 3.22. The molecule has 8 nitrogen and oxygen atoms in total. The van der Waals surface area contributed by atoms with Crippen LogP contribution in [0.4, 0.5) is 5.95 Å². The molecule has 3 rings (SSSR count). The third kappa shape index (κ3) is 2.61. The van der Waals surface area contributed by atoms with Crippen LogP contribution >= 0.6 is 11.3 Å². The summed E-state index contributed by atoms with van der Waals surface area (Å²) in [5.74, 6) is 0.130. The summed E-state index contributed by atoms with van der Waals surface area (Å²) in [5, 5.41) is 14.7. The predicted octanol–water partition coefficient (Wildman–Crippen LogP) is 0.863. The number of methoxy groups -OCH3 is 1. The molecule has 1 N–H and O–H groups in total. The summed E-state index contributed by atoms with van der Waals surface area (Å²) < 4.78 is 6.61. The Labute approximate surface area is 112 Å². The number of carbonyl (C=O) groups is 1. The third-order valence-electron chi connectivity index (χ3n) is 2.66. The van der Waals surface area contributed by atoms with Crippen molar-refractivity contribution in [1.29, 1.82) is 0 Å². The van der Waals surface area contributed by atoms with Gasteiger partial charge in [-0.25, -0.2) is 9.67 Å². The Balaban J connectivity index is 1.71. The van der Waals surface area contributed by atoms with Crippen LogP contribution in [0.25, 0.3) is 0 Å². The molecule has 0 spiro atoms. The summed E-state index contributed by atoms with van der Waals surface area (Å²) in [7, 11) is 1.59. The van der Waals surface area contributed by atoms with Crippen LogP contribution < -0.4 is 5.32 Å². The summed E-state index contributed by atoms with van der Waals surface area (Å²) in [6.07, 6.45) is 3.62. The van der Waals surface area contributed by atoms with E-state index < -0.39 is 0 Å². The smallest absolute Gasteiger partial charge is 0.269 e. The first kappa shape index (κ1) is 12.2. The van der Waals surface area contributed by atoms with Gasteiger partial charge in [-0.3, -0.25) is 10.1 Å². The molecule has 0 radical (unpaired) electrons. The summed E-state index contributed by atoms with van der Waals surface area (Å²) in [6.45, 7) is 0.401. The van der Waals surface area contributed by atoms with Crippen LogP contribution in [0, 0.1) is 0 Å². The summed E-state index contributed by atoms with van der Waals surface area (Å²) in [5.41, 5.74) is 0. The molecule has 2 heterocycles. The monoisotopic (exact) mass is 280 g/mol. The second kappa shape index (κ2) is 5.02. The Morgan fingerprint density at radius 3 is 3.21 bits per heavy atom. The Morgan fingerprint density at radius 2 is 2.47 bits per heavy atom. The van der Waals surface area contributed by atoms with Crippen LogP contribution in [0.2, 0.25) is 0 Å².